The Hall–Kier alpha value is -1.62. The van der Waals surface area contributed by atoms with Crippen LogP contribution in [0.4, 0.5) is 4.39 Å². The number of ether oxygens (including phenoxy) is 1. The number of guanidine groups is 1. The highest BCUT2D eigenvalue weighted by molar-refractivity contribution is 5.80. The highest BCUT2D eigenvalue weighted by Crippen LogP contribution is 2.60. The number of fused-ring (bicyclic) bond motifs is 2. The molecule has 1 spiro atoms. The van der Waals surface area contributed by atoms with Crippen LogP contribution in [0.15, 0.2) is 29.3 Å². The number of nitrogens with one attached hydrogen (secondary N) is 2. The third-order valence-electron chi connectivity index (χ3n) is 6.29. The number of rotatable bonds is 4. The van der Waals surface area contributed by atoms with Crippen LogP contribution in [0.2, 0.25) is 0 Å². The van der Waals surface area contributed by atoms with Gasteiger partial charge in [-0.05, 0) is 32.3 Å². The molecule has 2 aliphatic carbocycles. The standard InChI is InChI=1S/C20H28FN3O/c1-2-22-19(23-13-14-7-3-4-8-16(14)21)24-17-15-9-12-25-18(15)20(17)10-5-6-11-20/h3-4,7-8,15,17-18H,2,5-6,9-13H2,1H3,(H2,22,23,24). The largest absolute Gasteiger partial charge is 0.377 e. The zero-order valence-electron chi connectivity index (χ0n) is 14.9. The SMILES string of the molecule is CCNC(=NCc1ccccc1F)NC1C2CCOC2C12CCCC2. The van der Waals surface area contributed by atoms with Crippen molar-refractivity contribution in [3.63, 3.8) is 0 Å². The van der Waals surface area contributed by atoms with Crippen molar-refractivity contribution in [2.24, 2.45) is 16.3 Å². The predicted octanol–water partition coefficient (Wildman–Crippen LogP) is 3.23. The van der Waals surface area contributed by atoms with E-state index in [4.69, 9.17) is 4.74 Å². The van der Waals surface area contributed by atoms with E-state index in [0.717, 1.165) is 25.5 Å². The Morgan fingerprint density at radius 3 is 2.88 bits per heavy atom. The van der Waals surface area contributed by atoms with Gasteiger partial charge >= 0.3 is 0 Å². The second-order valence-electron chi connectivity index (χ2n) is 7.59. The van der Waals surface area contributed by atoms with Gasteiger partial charge in [0.2, 0.25) is 0 Å². The van der Waals surface area contributed by atoms with E-state index in [2.05, 4.69) is 22.5 Å². The van der Waals surface area contributed by atoms with Crippen molar-refractivity contribution in [1.29, 1.82) is 0 Å². The number of nitrogens with zero attached hydrogens (tertiary/aromatic N) is 1. The van der Waals surface area contributed by atoms with Gasteiger partial charge in [-0.15, -0.1) is 0 Å². The second-order valence-corrected chi connectivity index (χ2v) is 7.59. The Bertz CT molecular complexity index is 642. The molecule has 0 aromatic heterocycles. The summed E-state index contributed by atoms with van der Waals surface area (Å²) in [6.07, 6.45) is 6.66. The fraction of sp³-hybridized carbons (Fsp3) is 0.650. The molecule has 3 unspecified atom stereocenters. The molecule has 5 heteroatoms. The summed E-state index contributed by atoms with van der Waals surface area (Å²) in [4.78, 5) is 4.65. The fourth-order valence-electron chi connectivity index (χ4n) is 5.16. The summed E-state index contributed by atoms with van der Waals surface area (Å²) in [5.74, 6) is 1.20. The summed E-state index contributed by atoms with van der Waals surface area (Å²) in [6.45, 7) is 4.10. The Kier molecular flexibility index (Phi) is 4.67. The molecule has 0 amide bonds. The molecule has 25 heavy (non-hydrogen) atoms. The molecular formula is C20H28FN3O. The molecular weight excluding hydrogens is 317 g/mol. The first-order chi connectivity index (χ1) is 12.2. The Morgan fingerprint density at radius 1 is 1.32 bits per heavy atom. The molecule has 0 bridgehead atoms. The third kappa shape index (κ3) is 2.92. The molecule has 1 heterocycles. The quantitative estimate of drug-likeness (QED) is 0.650. The van der Waals surface area contributed by atoms with Gasteiger partial charge < -0.3 is 15.4 Å². The molecule has 1 aromatic rings. The number of hydrogen-bond donors (Lipinski definition) is 2. The summed E-state index contributed by atoms with van der Waals surface area (Å²) in [5.41, 5.74) is 0.918. The van der Waals surface area contributed by atoms with Crippen LogP contribution in [-0.2, 0) is 11.3 Å². The lowest BCUT2D eigenvalue weighted by Gasteiger charge is -2.57. The first-order valence-electron chi connectivity index (χ1n) is 9.64. The van der Waals surface area contributed by atoms with E-state index in [9.17, 15) is 4.39 Å². The van der Waals surface area contributed by atoms with E-state index in [1.165, 1.54) is 31.7 Å². The minimum atomic E-state index is -0.192. The molecule has 0 radical (unpaired) electrons. The molecule has 1 aromatic carbocycles. The van der Waals surface area contributed by atoms with Gasteiger partial charge in [0.15, 0.2) is 5.96 Å². The van der Waals surface area contributed by atoms with Crippen LogP contribution < -0.4 is 10.6 Å². The molecule has 4 rings (SSSR count). The summed E-state index contributed by atoms with van der Waals surface area (Å²) in [7, 11) is 0. The first kappa shape index (κ1) is 16.8. The van der Waals surface area contributed by atoms with E-state index in [1.807, 2.05) is 6.07 Å². The van der Waals surface area contributed by atoms with Crippen molar-refractivity contribution < 1.29 is 9.13 Å². The van der Waals surface area contributed by atoms with Crippen molar-refractivity contribution in [2.75, 3.05) is 13.2 Å². The monoisotopic (exact) mass is 345 g/mol. The molecule has 2 N–H and O–H groups in total. The second kappa shape index (κ2) is 6.94. The fourth-order valence-corrected chi connectivity index (χ4v) is 5.16. The average Bonchev–Trinajstić information content (AvgIpc) is 3.27. The van der Waals surface area contributed by atoms with Crippen LogP contribution in [0.3, 0.4) is 0 Å². The lowest BCUT2D eigenvalue weighted by atomic mass is 9.54. The zero-order chi connectivity index (χ0) is 17.3. The van der Waals surface area contributed by atoms with Crippen LogP contribution in [0.1, 0.15) is 44.6 Å². The van der Waals surface area contributed by atoms with Gasteiger partial charge in [-0.2, -0.15) is 0 Å². The third-order valence-corrected chi connectivity index (χ3v) is 6.29. The van der Waals surface area contributed by atoms with Crippen molar-refractivity contribution in [2.45, 2.75) is 57.7 Å². The Labute approximate surface area is 149 Å². The zero-order valence-corrected chi connectivity index (χ0v) is 14.9. The van der Waals surface area contributed by atoms with Crippen LogP contribution >= 0.6 is 0 Å². The van der Waals surface area contributed by atoms with Crippen LogP contribution in [0.25, 0.3) is 0 Å². The minimum absolute atomic E-state index is 0.192. The van der Waals surface area contributed by atoms with Crippen LogP contribution in [0.5, 0.6) is 0 Å². The Balaban J connectivity index is 1.49. The van der Waals surface area contributed by atoms with Crippen molar-refractivity contribution in [3.8, 4) is 0 Å². The van der Waals surface area contributed by atoms with E-state index in [0.29, 0.717) is 30.2 Å². The van der Waals surface area contributed by atoms with Gasteiger partial charge in [-0.1, -0.05) is 31.0 Å². The first-order valence-corrected chi connectivity index (χ1v) is 9.64. The average molecular weight is 345 g/mol. The van der Waals surface area contributed by atoms with Gasteiger partial charge in [0.05, 0.1) is 12.6 Å². The van der Waals surface area contributed by atoms with E-state index in [1.54, 1.807) is 12.1 Å². The van der Waals surface area contributed by atoms with Crippen molar-refractivity contribution >= 4 is 5.96 Å². The molecule has 2 saturated carbocycles. The molecule has 1 saturated heterocycles. The van der Waals surface area contributed by atoms with Gasteiger partial charge in [0.25, 0.3) is 0 Å². The smallest absolute Gasteiger partial charge is 0.191 e. The van der Waals surface area contributed by atoms with Gasteiger partial charge in [-0.3, -0.25) is 0 Å². The number of halogens is 1. The molecule has 3 atom stereocenters. The topological polar surface area (TPSA) is 45.7 Å². The van der Waals surface area contributed by atoms with Gasteiger partial charge in [0, 0.05) is 36.1 Å². The van der Waals surface area contributed by atoms with Crippen LogP contribution in [0, 0.1) is 17.2 Å². The van der Waals surface area contributed by atoms with Gasteiger partial charge in [0.1, 0.15) is 5.82 Å². The molecule has 1 aliphatic heterocycles. The highest BCUT2D eigenvalue weighted by Gasteiger charge is 2.65. The van der Waals surface area contributed by atoms with E-state index in [-0.39, 0.29) is 11.2 Å². The van der Waals surface area contributed by atoms with Crippen LogP contribution in [-0.4, -0.2) is 31.3 Å². The lowest BCUT2D eigenvalue weighted by molar-refractivity contribution is -0.125. The molecule has 136 valence electrons. The molecule has 3 fully saturated rings. The predicted molar refractivity (Wildman–Crippen MR) is 96.9 cm³/mol. The molecule has 4 nitrogen and oxygen atoms in total. The molecule has 3 aliphatic rings. The lowest BCUT2D eigenvalue weighted by Crippen LogP contribution is -2.69. The summed E-state index contributed by atoms with van der Waals surface area (Å²) >= 11 is 0. The van der Waals surface area contributed by atoms with Crippen molar-refractivity contribution in [3.05, 3.63) is 35.6 Å². The maximum atomic E-state index is 13.9. The van der Waals surface area contributed by atoms with E-state index < -0.39 is 0 Å². The number of aliphatic imine (C=N–C) groups is 1. The minimum Gasteiger partial charge on any atom is -0.377 e. The Morgan fingerprint density at radius 2 is 2.12 bits per heavy atom. The maximum absolute atomic E-state index is 13.9. The van der Waals surface area contributed by atoms with Crippen molar-refractivity contribution in [1.82, 2.24) is 10.6 Å². The summed E-state index contributed by atoms with van der Waals surface area (Å²) in [6, 6.07) is 7.29. The van der Waals surface area contributed by atoms with Gasteiger partial charge in [-0.25, -0.2) is 9.38 Å². The normalized spacial score (nSPS) is 30.2. The summed E-state index contributed by atoms with van der Waals surface area (Å²) < 4.78 is 19.9. The van der Waals surface area contributed by atoms with E-state index >= 15 is 0 Å². The summed E-state index contributed by atoms with van der Waals surface area (Å²) in [5, 5.41) is 7.02. The maximum Gasteiger partial charge on any atom is 0.191 e. The number of hydrogen-bond acceptors (Lipinski definition) is 2. The number of benzene rings is 1. The highest BCUT2D eigenvalue weighted by atomic mass is 19.1.